The first kappa shape index (κ1) is 22.8. The van der Waals surface area contributed by atoms with Gasteiger partial charge in [-0.3, -0.25) is 13.5 Å². The first-order valence-electron chi connectivity index (χ1n) is 9.98. The summed E-state index contributed by atoms with van der Waals surface area (Å²) < 4.78 is 2.69. The Labute approximate surface area is 171 Å². The highest BCUT2D eigenvalue weighted by Crippen LogP contribution is 2.58. The van der Waals surface area contributed by atoms with Crippen molar-refractivity contribution in [1.29, 1.82) is 0 Å². The molecule has 1 heterocycles. The van der Waals surface area contributed by atoms with Gasteiger partial charge in [0.05, 0.1) is 5.41 Å². The summed E-state index contributed by atoms with van der Waals surface area (Å²) in [6, 6.07) is 0. The van der Waals surface area contributed by atoms with Gasteiger partial charge < -0.3 is 10.2 Å². The van der Waals surface area contributed by atoms with Crippen molar-refractivity contribution in [1.82, 2.24) is 3.96 Å². The van der Waals surface area contributed by atoms with Gasteiger partial charge in [0.25, 0.3) is 5.91 Å². The van der Waals surface area contributed by atoms with Crippen LogP contribution in [0.2, 0.25) is 0 Å². The zero-order chi connectivity index (χ0) is 21.5. The minimum absolute atomic E-state index is 0.0973. The molecule has 2 atom stereocenters. The average molecular weight is 411 g/mol. The summed E-state index contributed by atoms with van der Waals surface area (Å²) in [4.78, 5) is 29.3. The second-order valence-corrected chi connectivity index (χ2v) is 10.7. The Balaban J connectivity index is 2.52. The third-order valence-corrected chi connectivity index (χ3v) is 8.00. The van der Waals surface area contributed by atoms with E-state index in [1.807, 2.05) is 6.20 Å². The molecule has 0 unspecified atom stereocenters. The summed E-state index contributed by atoms with van der Waals surface area (Å²) in [6.45, 7) is 13.3. The maximum absolute atomic E-state index is 13.1. The minimum Gasteiger partial charge on any atom is -0.481 e. The predicted octanol–water partition coefficient (Wildman–Crippen LogP) is 3.72. The number of carbonyl (C=O) groups excluding carboxylic acids is 1. The van der Waals surface area contributed by atoms with Crippen LogP contribution in [-0.4, -0.2) is 31.6 Å². The van der Waals surface area contributed by atoms with Crippen molar-refractivity contribution in [3.05, 3.63) is 16.4 Å². The number of hydrogen-bond donors (Lipinski definition) is 2. The number of carboxylic acids is 1. The van der Waals surface area contributed by atoms with Crippen molar-refractivity contribution in [2.24, 2.45) is 15.8 Å². The number of unbranched alkanes of at least 4 members (excludes halogenated alkanes) is 1. The number of aliphatic hydroxyl groups is 1. The number of aryl methyl sites for hydroxylation is 1. The van der Waals surface area contributed by atoms with Crippen LogP contribution >= 0.6 is 11.5 Å². The third-order valence-electron chi connectivity index (χ3n) is 6.62. The van der Waals surface area contributed by atoms with E-state index < -0.39 is 28.3 Å². The van der Waals surface area contributed by atoms with Crippen LogP contribution in [0.25, 0.3) is 0 Å². The molecule has 1 aromatic heterocycles. The number of carbonyl (C=O) groups is 2. The van der Waals surface area contributed by atoms with Gasteiger partial charge in [0.15, 0.2) is 5.60 Å². The van der Waals surface area contributed by atoms with Gasteiger partial charge in [-0.15, -0.1) is 0 Å². The summed E-state index contributed by atoms with van der Waals surface area (Å²) in [6.07, 6.45) is 5.22. The minimum atomic E-state index is -1.79. The van der Waals surface area contributed by atoms with E-state index in [-0.39, 0.29) is 18.4 Å². The van der Waals surface area contributed by atoms with Crippen molar-refractivity contribution in [2.75, 3.05) is 0 Å². The molecule has 1 aliphatic carbocycles. The molecule has 158 valence electrons. The van der Waals surface area contributed by atoms with E-state index in [0.29, 0.717) is 4.67 Å². The first-order chi connectivity index (χ1) is 12.7. The highest BCUT2D eigenvalue weighted by atomic mass is 32.1. The second kappa shape index (κ2) is 7.41. The molecule has 2 rings (SSSR count). The van der Waals surface area contributed by atoms with E-state index >= 15 is 0 Å². The molecule has 0 saturated heterocycles. The SMILES string of the molecule is CCCCc1cn(C(C)(C)C)s/c1=N\C(=O)[C@@]1(O)CC[C@](C)(C(=O)O)C1(C)C. The van der Waals surface area contributed by atoms with Crippen molar-refractivity contribution < 1.29 is 19.8 Å². The van der Waals surface area contributed by atoms with Crippen LogP contribution in [0.1, 0.15) is 79.7 Å². The van der Waals surface area contributed by atoms with E-state index in [9.17, 15) is 19.8 Å². The number of hydrogen-bond acceptors (Lipinski definition) is 4. The summed E-state index contributed by atoms with van der Waals surface area (Å²) >= 11 is 1.41. The van der Waals surface area contributed by atoms with Gasteiger partial charge >= 0.3 is 5.97 Å². The van der Waals surface area contributed by atoms with Crippen molar-refractivity contribution in [3.8, 4) is 0 Å². The lowest BCUT2D eigenvalue weighted by Crippen LogP contribution is -2.54. The Hall–Kier alpha value is -1.47. The van der Waals surface area contributed by atoms with E-state index in [0.717, 1.165) is 24.8 Å². The van der Waals surface area contributed by atoms with E-state index in [1.165, 1.54) is 11.5 Å². The van der Waals surface area contributed by atoms with Crippen LogP contribution < -0.4 is 4.67 Å². The molecule has 1 saturated carbocycles. The monoisotopic (exact) mass is 410 g/mol. The van der Waals surface area contributed by atoms with Crippen LogP contribution in [0, 0.1) is 10.8 Å². The second-order valence-electron chi connectivity index (χ2n) is 9.69. The van der Waals surface area contributed by atoms with Gasteiger partial charge in [-0.25, -0.2) is 0 Å². The van der Waals surface area contributed by atoms with Crippen molar-refractivity contribution >= 4 is 23.4 Å². The smallest absolute Gasteiger partial charge is 0.310 e. The number of carboxylic acid groups (broad SMARTS) is 1. The normalized spacial score (nSPS) is 27.9. The zero-order valence-electron chi connectivity index (χ0n) is 18.1. The lowest BCUT2D eigenvalue weighted by molar-refractivity contribution is -0.166. The molecular weight excluding hydrogens is 376 g/mol. The Bertz CT molecular complexity index is 830. The number of aliphatic carboxylic acids is 1. The maximum atomic E-state index is 13.1. The number of rotatable bonds is 5. The quantitative estimate of drug-likeness (QED) is 0.774. The molecule has 1 aromatic rings. The molecule has 1 fully saturated rings. The lowest BCUT2D eigenvalue weighted by Gasteiger charge is -2.41. The summed E-state index contributed by atoms with van der Waals surface area (Å²) in [5, 5.41) is 20.9. The van der Waals surface area contributed by atoms with Crippen molar-refractivity contribution in [3.63, 3.8) is 0 Å². The molecular formula is C21H34N2O4S. The fourth-order valence-electron chi connectivity index (χ4n) is 3.78. The molecule has 0 aliphatic heterocycles. The Morgan fingerprint density at radius 2 is 1.86 bits per heavy atom. The van der Waals surface area contributed by atoms with Crippen molar-refractivity contribution in [2.45, 2.75) is 91.7 Å². The molecule has 28 heavy (non-hydrogen) atoms. The van der Waals surface area contributed by atoms with E-state index in [2.05, 4.69) is 36.6 Å². The molecule has 0 bridgehead atoms. The van der Waals surface area contributed by atoms with Crippen LogP contribution in [0.4, 0.5) is 0 Å². The van der Waals surface area contributed by atoms with Gasteiger partial charge in [0, 0.05) is 22.7 Å². The van der Waals surface area contributed by atoms with Gasteiger partial charge in [-0.1, -0.05) is 27.2 Å². The zero-order valence-corrected chi connectivity index (χ0v) is 18.9. The van der Waals surface area contributed by atoms with Gasteiger partial charge in [0.1, 0.15) is 4.67 Å². The molecule has 0 spiro atoms. The van der Waals surface area contributed by atoms with Crippen LogP contribution in [0.15, 0.2) is 11.2 Å². The van der Waals surface area contributed by atoms with Crippen LogP contribution in [-0.2, 0) is 21.5 Å². The van der Waals surface area contributed by atoms with Crippen LogP contribution in [0.3, 0.4) is 0 Å². The highest BCUT2D eigenvalue weighted by molar-refractivity contribution is 7.04. The number of nitrogens with zero attached hydrogens (tertiary/aromatic N) is 2. The first-order valence-corrected chi connectivity index (χ1v) is 10.8. The maximum Gasteiger partial charge on any atom is 0.310 e. The standard InChI is InChI=1S/C21H34N2O4S/c1-8-9-10-14-13-23(18(2,3)4)28-15(14)22-16(24)21(27)12-11-20(7,17(25)26)19(21,5)6/h13,27H,8-12H2,1-7H3,(H,25,26)/b22-15-/t20-,21+/m1/s1. The molecule has 0 aromatic carbocycles. The topological polar surface area (TPSA) is 91.9 Å². The molecule has 6 nitrogen and oxygen atoms in total. The van der Waals surface area contributed by atoms with E-state index in [4.69, 9.17) is 0 Å². The Morgan fingerprint density at radius 1 is 1.25 bits per heavy atom. The number of amides is 1. The third kappa shape index (κ3) is 3.59. The molecule has 0 radical (unpaired) electrons. The molecule has 1 amide bonds. The van der Waals surface area contributed by atoms with Gasteiger partial charge in [-0.2, -0.15) is 4.99 Å². The predicted molar refractivity (Wildman–Crippen MR) is 110 cm³/mol. The molecule has 1 aliphatic rings. The molecule has 7 heteroatoms. The Kier molecular flexibility index (Phi) is 6.04. The molecule has 2 N–H and O–H groups in total. The lowest BCUT2D eigenvalue weighted by atomic mass is 9.63. The summed E-state index contributed by atoms with van der Waals surface area (Å²) in [5.41, 5.74) is -3.24. The fourth-order valence-corrected chi connectivity index (χ4v) is 4.82. The highest BCUT2D eigenvalue weighted by Gasteiger charge is 2.66. The summed E-state index contributed by atoms with van der Waals surface area (Å²) in [5.74, 6) is -1.63. The van der Waals surface area contributed by atoms with E-state index in [1.54, 1.807) is 20.8 Å². The van der Waals surface area contributed by atoms with Gasteiger partial charge in [0.2, 0.25) is 0 Å². The Morgan fingerprint density at radius 3 is 2.32 bits per heavy atom. The number of aromatic nitrogens is 1. The largest absolute Gasteiger partial charge is 0.481 e. The average Bonchev–Trinajstić information content (AvgIpc) is 3.07. The van der Waals surface area contributed by atoms with Gasteiger partial charge in [-0.05, 0) is 64.9 Å². The van der Waals surface area contributed by atoms with Crippen LogP contribution in [0.5, 0.6) is 0 Å². The fraction of sp³-hybridized carbons (Fsp3) is 0.762. The summed E-state index contributed by atoms with van der Waals surface area (Å²) in [7, 11) is 0.